The predicted molar refractivity (Wildman–Crippen MR) is 49.2 cm³/mol. The third-order valence-corrected chi connectivity index (χ3v) is 2.54. The third-order valence-electron chi connectivity index (χ3n) is 2.54. The van der Waals surface area contributed by atoms with Crippen LogP contribution < -0.4 is 0 Å². The van der Waals surface area contributed by atoms with Gasteiger partial charge in [0.25, 0.3) is 0 Å². The van der Waals surface area contributed by atoms with Gasteiger partial charge in [0.05, 0.1) is 5.52 Å². The Balaban J connectivity index is 2.93. The zero-order valence-corrected chi connectivity index (χ0v) is 7.92. The van der Waals surface area contributed by atoms with Crippen molar-refractivity contribution >= 4 is 11.2 Å². The Morgan fingerprint density at radius 3 is 2.42 bits per heavy atom. The molecule has 0 atom stereocenters. The number of imidazole rings is 1. The maximum atomic E-state index is 4.46. The van der Waals surface area contributed by atoms with E-state index in [-0.39, 0.29) is 0 Å². The lowest BCUT2D eigenvalue weighted by molar-refractivity contribution is 0.867. The topological polar surface area (TPSA) is 22.8 Å². The van der Waals surface area contributed by atoms with Gasteiger partial charge in [0.2, 0.25) is 0 Å². The van der Waals surface area contributed by atoms with Gasteiger partial charge in [-0.25, -0.2) is 4.98 Å². The largest absolute Gasteiger partial charge is 0.332 e. The van der Waals surface area contributed by atoms with Gasteiger partial charge in [-0.2, -0.15) is 0 Å². The van der Waals surface area contributed by atoms with Crippen molar-refractivity contribution in [1.82, 2.24) is 14.1 Å². The van der Waals surface area contributed by atoms with Crippen molar-refractivity contribution < 1.29 is 0 Å². The van der Waals surface area contributed by atoms with E-state index < -0.39 is 0 Å². The summed E-state index contributed by atoms with van der Waals surface area (Å²) in [6, 6.07) is 2.16. The Bertz CT molecular complexity index is 392. The van der Waals surface area contributed by atoms with Gasteiger partial charge in [-0.1, -0.05) is 0 Å². The molecule has 64 valence electrons. The van der Waals surface area contributed by atoms with Crippen molar-refractivity contribution in [1.29, 1.82) is 0 Å². The first-order valence-electron chi connectivity index (χ1n) is 4.06. The van der Waals surface area contributed by atoms with Crippen LogP contribution in [0.25, 0.3) is 11.2 Å². The van der Waals surface area contributed by atoms with E-state index in [1.165, 1.54) is 11.2 Å². The number of aryl methyl sites for hydroxylation is 4. The molecule has 0 spiro atoms. The summed E-state index contributed by atoms with van der Waals surface area (Å²) in [6.07, 6.45) is 0. The molecule has 0 aliphatic heterocycles. The standard InChI is InChI=1S/C9H13N3/c1-6-5-8-9(11(6)3)10-7(2)12(8)4/h5H,1-4H3. The summed E-state index contributed by atoms with van der Waals surface area (Å²) in [6.45, 7) is 4.12. The molecule has 0 amide bonds. The van der Waals surface area contributed by atoms with Crippen LogP contribution in [0.4, 0.5) is 0 Å². The zero-order valence-electron chi connectivity index (χ0n) is 7.92. The number of nitrogens with zero attached hydrogens (tertiary/aromatic N) is 3. The average molecular weight is 163 g/mol. The fourth-order valence-electron chi connectivity index (χ4n) is 1.48. The smallest absolute Gasteiger partial charge is 0.158 e. The maximum absolute atomic E-state index is 4.46. The van der Waals surface area contributed by atoms with Gasteiger partial charge in [-0.05, 0) is 19.9 Å². The molecule has 0 saturated heterocycles. The average Bonchev–Trinajstić information content (AvgIpc) is 2.43. The van der Waals surface area contributed by atoms with Crippen LogP contribution in [0.3, 0.4) is 0 Å². The molecule has 0 bridgehead atoms. The predicted octanol–water partition coefficient (Wildman–Crippen LogP) is 1.53. The molecule has 0 fully saturated rings. The van der Waals surface area contributed by atoms with Crippen molar-refractivity contribution in [3.8, 4) is 0 Å². The second kappa shape index (κ2) is 2.12. The van der Waals surface area contributed by atoms with Crippen LogP contribution in [0.5, 0.6) is 0 Å². The van der Waals surface area contributed by atoms with Crippen LogP contribution in [0, 0.1) is 13.8 Å². The minimum atomic E-state index is 1.07. The molecule has 2 heterocycles. The maximum Gasteiger partial charge on any atom is 0.158 e. The van der Waals surface area contributed by atoms with Gasteiger partial charge in [0, 0.05) is 19.8 Å². The van der Waals surface area contributed by atoms with Crippen LogP contribution >= 0.6 is 0 Å². The second-order valence-corrected chi connectivity index (χ2v) is 3.27. The van der Waals surface area contributed by atoms with E-state index in [0.29, 0.717) is 0 Å². The summed E-state index contributed by atoms with van der Waals surface area (Å²) in [5.41, 5.74) is 3.54. The van der Waals surface area contributed by atoms with Gasteiger partial charge < -0.3 is 9.13 Å². The minimum Gasteiger partial charge on any atom is -0.332 e. The molecule has 0 aliphatic rings. The van der Waals surface area contributed by atoms with Crippen LogP contribution in [-0.2, 0) is 14.1 Å². The van der Waals surface area contributed by atoms with Crippen molar-refractivity contribution in [2.75, 3.05) is 0 Å². The molecule has 0 aromatic carbocycles. The van der Waals surface area contributed by atoms with Crippen LogP contribution in [0.2, 0.25) is 0 Å². The van der Waals surface area contributed by atoms with E-state index in [0.717, 1.165) is 11.5 Å². The molecule has 3 heteroatoms. The highest BCUT2D eigenvalue weighted by atomic mass is 15.1. The van der Waals surface area contributed by atoms with Gasteiger partial charge >= 0.3 is 0 Å². The molecule has 2 aromatic heterocycles. The fraction of sp³-hybridized carbons (Fsp3) is 0.444. The number of aromatic nitrogens is 3. The molecular weight excluding hydrogens is 150 g/mol. The first-order chi connectivity index (χ1) is 5.61. The Morgan fingerprint density at radius 2 is 1.83 bits per heavy atom. The van der Waals surface area contributed by atoms with Crippen LogP contribution in [0.1, 0.15) is 11.5 Å². The third kappa shape index (κ3) is 0.734. The van der Waals surface area contributed by atoms with E-state index >= 15 is 0 Å². The lowest BCUT2D eigenvalue weighted by Gasteiger charge is -1.94. The molecule has 12 heavy (non-hydrogen) atoms. The summed E-state index contributed by atoms with van der Waals surface area (Å²) in [5.74, 6) is 1.07. The highest BCUT2D eigenvalue weighted by molar-refractivity contribution is 5.74. The molecule has 0 aliphatic carbocycles. The van der Waals surface area contributed by atoms with E-state index in [2.05, 4.69) is 27.1 Å². The SMILES string of the molecule is Cc1nc2c(cc(C)n2C)n1C. The van der Waals surface area contributed by atoms with Gasteiger partial charge in [0.15, 0.2) is 5.65 Å². The number of hydrogen-bond acceptors (Lipinski definition) is 1. The number of hydrogen-bond donors (Lipinski definition) is 0. The molecule has 3 nitrogen and oxygen atoms in total. The Kier molecular flexibility index (Phi) is 1.31. The normalized spacial score (nSPS) is 11.3. The fourth-order valence-corrected chi connectivity index (χ4v) is 1.48. The molecule has 0 saturated carbocycles. The molecule has 0 radical (unpaired) electrons. The molecule has 2 aromatic rings. The van der Waals surface area contributed by atoms with Crippen molar-refractivity contribution in [3.05, 3.63) is 17.6 Å². The summed E-state index contributed by atoms with van der Waals surface area (Å²) >= 11 is 0. The highest BCUT2D eigenvalue weighted by Crippen LogP contribution is 2.17. The molecule has 2 rings (SSSR count). The Labute approximate surface area is 71.6 Å². The number of rotatable bonds is 0. The van der Waals surface area contributed by atoms with Crippen molar-refractivity contribution in [2.24, 2.45) is 14.1 Å². The van der Waals surface area contributed by atoms with Gasteiger partial charge in [-0.15, -0.1) is 0 Å². The first-order valence-corrected chi connectivity index (χ1v) is 4.06. The van der Waals surface area contributed by atoms with Crippen LogP contribution in [-0.4, -0.2) is 14.1 Å². The van der Waals surface area contributed by atoms with Gasteiger partial charge in [-0.3, -0.25) is 0 Å². The Hall–Kier alpha value is -1.25. The van der Waals surface area contributed by atoms with E-state index in [4.69, 9.17) is 0 Å². The first kappa shape index (κ1) is 7.40. The van der Waals surface area contributed by atoms with Crippen molar-refractivity contribution in [3.63, 3.8) is 0 Å². The van der Waals surface area contributed by atoms with E-state index in [1.54, 1.807) is 0 Å². The Morgan fingerprint density at radius 1 is 1.17 bits per heavy atom. The summed E-state index contributed by atoms with van der Waals surface area (Å²) in [5, 5.41) is 0. The second-order valence-electron chi connectivity index (χ2n) is 3.27. The summed E-state index contributed by atoms with van der Waals surface area (Å²) < 4.78 is 4.23. The lowest BCUT2D eigenvalue weighted by atomic mass is 10.4. The number of fused-ring (bicyclic) bond motifs is 1. The van der Waals surface area contributed by atoms with Crippen molar-refractivity contribution in [2.45, 2.75) is 13.8 Å². The molecular formula is C9H13N3. The van der Waals surface area contributed by atoms with Crippen LogP contribution in [0.15, 0.2) is 6.07 Å². The molecule has 0 unspecified atom stereocenters. The zero-order chi connectivity index (χ0) is 8.88. The highest BCUT2D eigenvalue weighted by Gasteiger charge is 2.08. The summed E-state index contributed by atoms with van der Waals surface area (Å²) in [4.78, 5) is 4.46. The van der Waals surface area contributed by atoms with E-state index in [1.807, 2.05) is 21.0 Å². The van der Waals surface area contributed by atoms with E-state index in [9.17, 15) is 0 Å². The monoisotopic (exact) mass is 163 g/mol. The lowest BCUT2D eigenvalue weighted by Crippen LogP contribution is -1.91. The minimum absolute atomic E-state index is 1.07. The molecule has 0 N–H and O–H groups in total. The quantitative estimate of drug-likeness (QED) is 0.577. The van der Waals surface area contributed by atoms with Gasteiger partial charge in [0.1, 0.15) is 5.82 Å². The summed E-state index contributed by atoms with van der Waals surface area (Å²) in [7, 11) is 4.09.